The van der Waals surface area contributed by atoms with Crippen molar-refractivity contribution in [2.45, 2.75) is 12.5 Å². The Morgan fingerprint density at radius 3 is 2.56 bits per heavy atom. The number of hydrogen-bond donors (Lipinski definition) is 2. The minimum absolute atomic E-state index is 0.0498. The molecule has 18 heavy (non-hydrogen) atoms. The summed E-state index contributed by atoms with van der Waals surface area (Å²) < 4.78 is 16.9. The predicted octanol–water partition coefficient (Wildman–Crippen LogP) is 0.0183. The number of hydrogen-bond acceptors (Lipinski definition) is 4. The average Bonchev–Trinajstić information content (AvgIpc) is 2.37. The lowest BCUT2D eigenvalue weighted by atomic mass is 10.1. The Balaban J connectivity index is 2.38. The Morgan fingerprint density at radius 2 is 2.00 bits per heavy atom. The summed E-state index contributed by atoms with van der Waals surface area (Å²) in [6.45, 7) is -0.216. The highest BCUT2D eigenvalue weighted by Gasteiger charge is 2.16. The molecule has 0 saturated carbocycles. The van der Waals surface area contributed by atoms with E-state index in [-0.39, 0.29) is 24.7 Å². The summed E-state index contributed by atoms with van der Waals surface area (Å²) in [6.07, 6.45) is -1.33. The Hall–Kier alpha value is -1.95. The first kappa shape index (κ1) is 14.1. The van der Waals surface area contributed by atoms with Gasteiger partial charge in [-0.15, -0.1) is 0 Å². The fraction of sp³-hybridized carbons (Fsp3) is 0.333. The number of nitrogens with one attached hydrogen (secondary N) is 1. The number of aliphatic hydroxyl groups is 1. The first-order chi connectivity index (χ1) is 8.52. The topological polar surface area (TPSA) is 75.6 Å². The summed E-state index contributed by atoms with van der Waals surface area (Å²) in [5.41, 5.74) is 0.640. The average molecular weight is 255 g/mol. The van der Waals surface area contributed by atoms with Crippen molar-refractivity contribution in [1.82, 2.24) is 5.32 Å². The predicted molar refractivity (Wildman–Crippen MR) is 61.1 cm³/mol. The summed E-state index contributed by atoms with van der Waals surface area (Å²) in [5.74, 6) is -1.55. The third-order valence-electron chi connectivity index (χ3n) is 2.24. The molecule has 5 nitrogen and oxygen atoms in total. The first-order valence-corrected chi connectivity index (χ1v) is 5.30. The minimum Gasteiger partial charge on any atom is -0.467 e. The second kappa shape index (κ2) is 6.70. The van der Waals surface area contributed by atoms with E-state index in [1.165, 1.54) is 24.3 Å². The number of esters is 1. The number of benzene rings is 1. The molecule has 0 heterocycles. The highest BCUT2D eigenvalue weighted by molar-refractivity contribution is 5.80. The van der Waals surface area contributed by atoms with Crippen LogP contribution in [0.2, 0.25) is 0 Å². The Morgan fingerprint density at radius 1 is 1.39 bits per heavy atom. The molecule has 0 aromatic heterocycles. The minimum atomic E-state index is -1.38. The van der Waals surface area contributed by atoms with E-state index in [4.69, 9.17) is 0 Å². The zero-order valence-corrected chi connectivity index (χ0v) is 9.85. The number of carbonyl (C=O) groups is 2. The molecule has 0 aliphatic carbocycles. The normalized spacial score (nSPS) is 11.7. The molecule has 98 valence electrons. The van der Waals surface area contributed by atoms with Gasteiger partial charge in [0.15, 0.2) is 6.10 Å². The number of rotatable bonds is 5. The van der Waals surface area contributed by atoms with Gasteiger partial charge in [-0.05, 0) is 17.7 Å². The maximum atomic E-state index is 12.6. The van der Waals surface area contributed by atoms with Crippen LogP contribution in [0.15, 0.2) is 24.3 Å². The molecule has 0 aliphatic rings. The van der Waals surface area contributed by atoms with Gasteiger partial charge >= 0.3 is 5.97 Å². The molecular formula is C12H14FNO4. The number of ether oxygens (including phenoxy) is 1. The third-order valence-corrected chi connectivity index (χ3v) is 2.24. The maximum absolute atomic E-state index is 12.6. The standard InChI is InChI=1S/C12H14FNO4/c1-18-12(17)10(15)7-14-11(16)6-8-2-4-9(13)5-3-8/h2-5,10,15H,6-7H2,1H3,(H,14,16). The lowest BCUT2D eigenvalue weighted by molar-refractivity contribution is -0.150. The Kier molecular flexibility index (Phi) is 5.26. The zero-order valence-electron chi connectivity index (χ0n) is 9.85. The van der Waals surface area contributed by atoms with Crippen molar-refractivity contribution >= 4 is 11.9 Å². The van der Waals surface area contributed by atoms with Gasteiger partial charge in [-0.1, -0.05) is 12.1 Å². The van der Waals surface area contributed by atoms with Crippen molar-refractivity contribution in [2.24, 2.45) is 0 Å². The number of carbonyl (C=O) groups excluding carboxylic acids is 2. The first-order valence-electron chi connectivity index (χ1n) is 5.30. The molecule has 1 rings (SSSR count). The largest absolute Gasteiger partial charge is 0.467 e. The van der Waals surface area contributed by atoms with E-state index in [0.29, 0.717) is 5.56 Å². The van der Waals surface area contributed by atoms with Crippen LogP contribution in [-0.2, 0) is 20.7 Å². The molecule has 6 heteroatoms. The molecule has 0 bridgehead atoms. The SMILES string of the molecule is COC(=O)C(O)CNC(=O)Cc1ccc(F)cc1. The van der Waals surface area contributed by atoms with E-state index in [2.05, 4.69) is 10.1 Å². The van der Waals surface area contributed by atoms with Crippen molar-refractivity contribution in [2.75, 3.05) is 13.7 Å². The fourth-order valence-corrected chi connectivity index (χ4v) is 1.28. The smallest absolute Gasteiger partial charge is 0.336 e. The van der Waals surface area contributed by atoms with Gasteiger partial charge in [-0.2, -0.15) is 0 Å². The van der Waals surface area contributed by atoms with Gasteiger partial charge in [-0.3, -0.25) is 4.79 Å². The maximum Gasteiger partial charge on any atom is 0.336 e. The van der Waals surface area contributed by atoms with E-state index >= 15 is 0 Å². The summed E-state index contributed by atoms with van der Waals surface area (Å²) in [4.78, 5) is 22.3. The summed E-state index contributed by atoms with van der Waals surface area (Å²) in [5, 5.41) is 11.6. The van der Waals surface area contributed by atoms with Crippen molar-refractivity contribution in [3.05, 3.63) is 35.6 Å². The zero-order chi connectivity index (χ0) is 13.5. The van der Waals surface area contributed by atoms with E-state index < -0.39 is 12.1 Å². The van der Waals surface area contributed by atoms with Gasteiger partial charge < -0.3 is 15.2 Å². The number of methoxy groups -OCH3 is 1. The van der Waals surface area contributed by atoms with Crippen molar-refractivity contribution in [1.29, 1.82) is 0 Å². The highest BCUT2D eigenvalue weighted by Crippen LogP contribution is 2.03. The van der Waals surface area contributed by atoms with E-state index in [1.807, 2.05) is 0 Å². The van der Waals surface area contributed by atoms with Crippen LogP contribution in [-0.4, -0.2) is 36.7 Å². The van der Waals surface area contributed by atoms with Crippen molar-refractivity contribution in [3.8, 4) is 0 Å². The highest BCUT2D eigenvalue weighted by atomic mass is 19.1. The molecule has 0 spiro atoms. The second-order valence-corrected chi connectivity index (χ2v) is 3.65. The van der Waals surface area contributed by atoms with Crippen molar-refractivity contribution < 1.29 is 23.8 Å². The molecule has 1 amide bonds. The number of aliphatic hydroxyl groups excluding tert-OH is 1. The number of halogens is 1. The van der Waals surface area contributed by atoms with Crippen LogP contribution in [0.1, 0.15) is 5.56 Å². The molecule has 0 fully saturated rings. The van der Waals surface area contributed by atoms with Gasteiger partial charge in [-0.25, -0.2) is 9.18 Å². The van der Waals surface area contributed by atoms with Crippen LogP contribution in [0.3, 0.4) is 0 Å². The van der Waals surface area contributed by atoms with E-state index in [0.717, 1.165) is 7.11 Å². The molecule has 2 N–H and O–H groups in total. The van der Waals surface area contributed by atoms with Crippen LogP contribution >= 0.6 is 0 Å². The van der Waals surface area contributed by atoms with Crippen LogP contribution < -0.4 is 5.32 Å². The molecule has 1 atom stereocenters. The quantitative estimate of drug-likeness (QED) is 0.727. The second-order valence-electron chi connectivity index (χ2n) is 3.65. The summed E-state index contributed by atoms with van der Waals surface area (Å²) in [7, 11) is 1.14. The molecule has 1 aromatic carbocycles. The van der Waals surface area contributed by atoms with Crippen LogP contribution in [0, 0.1) is 5.82 Å². The van der Waals surface area contributed by atoms with Gasteiger partial charge in [0, 0.05) is 0 Å². The van der Waals surface area contributed by atoms with Crippen LogP contribution in [0.4, 0.5) is 4.39 Å². The molecule has 1 unspecified atom stereocenters. The molecule has 0 saturated heterocycles. The van der Waals surface area contributed by atoms with E-state index in [9.17, 15) is 19.1 Å². The number of amides is 1. The molecule has 0 radical (unpaired) electrons. The van der Waals surface area contributed by atoms with Gasteiger partial charge in [0.1, 0.15) is 5.82 Å². The fourth-order valence-electron chi connectivity index (χ4n) is 1.28. The Labute approximate surface area is 104 Å². The Bertz CT molecular complexity index is 419. The molecule has 0 aliphatic heterocycles. The van der Waals surface area contributed by atoms with Gasteiger partial charge in [0.25, 0.3) is 0 Å². The van der Waals surface area contributed by atoms with Crippen molar-refractivity contribution in [3.63, 3.8) is 0 Å². The monoisotopic (exact) mass is 255 g/mol. The molecule has 1 aromatic rings. The lowest BCUT2D eigenvalue weighted by Crippen LogP contribution is -2.37. The van der Waals surface area contributed by atoms with Crippen LogP contribution in [0.25, 0.3) is 0 Å². The van der Waals surface area contributed by atoms with Gasteiger partial charge in [0.05, 0.1) is 20.1 Å². The van der Waals surface area contributed by atoms with E-state index in [1.54, 1.807) is 0 Å². The summed E-state index contributed by atoms with van der Waals surface area (Å²) in [6, 6.07) is 5.50. The lowest BCUT2D eigenvalue weighted by Gasteiger charge is -2.09. The van der Waals surface area contributed by atoms with Gasteiger partial charge in [0.2, 0.25) is 5.91 Å². The third kappa shape index (κ3) is 4.50. The molecular weight excluding hydrogens is 241 g/mol. The summed E-state index contributed by atoms with van der Waals surface area (Å²) >= 11 is 0. The van der Waals surface area contributed by atoms with Crippen LogP contribution in [0.5, 0.6) is 0 Å².